The fourth-order valence-corrected chi connectivity index (χ4v) is 1.58. The van der Waals surface area contributed by atoms with Crippen LogP contribution in [-0.2, 0) is 11.3 Å². The Kier molecular flexibility index (Phi) is 3.56. The molecule has 0 spiro atoms. The number of benzene rings is 1. The van der Waals surface area contributed by atoms with Crippen molar-refractivity contribution in [2.45, 2.75) is 6.54 Å². The van der Waals surface area contributed by atoms with Gasteiger partial charge in [-0.2, -0.15) is 0 Å². The van der Waals surface area contributed by atoms with Gasteiger partial charge in [-0.05, 0) is 17.7 Å². The van der Waals surface area contributed by atoms with Crippen molar-refractivity contribution in [1.29, 1.82) is 0 Å². The fraction of sp³-hybridized carbons (Fsp3) is 0.167. The van der Waals surface area contributed by atoms with Crippen LogP contribution < -0.4 is 0 Å². The molecule has 98 valence electrons. The third-order valence-corrected chi connectivity index (χ3v) is 2.54. The van der Waals surface area contributed by atoms with Crippen molar-refractivity contribution < 1.29 is 19.4 Å². The normalized spacial score (nSPS) is 10.2. The van der Waals surface area contributed by atoms with Crippen LogP contribution in [0.25, 0.3) is 0 Å². The van der Waals surface area contributed by atoms with Crippen molar-refractivity contribution in [1.82, 2.24) is 15.0 Å². The van der Waals surface area contributed by atoms with Crippen molar-refractivity contribution in [3.05, 3.63) is 47.3 Å². The molecule has 0 radical (unpaired) electrons. The molecule has 0 bridgehead atoms. The number of carbonyl (C=O) groups excluding carboxylic acids is 1. The molecular formula is C12H11N3O4. The molecule has 1 aromatic heterocycles. The highest BCUT2D eigenvalue weighted by Crippen LogP contribution is 2.08. The number of esters is 1. The van der Waals surface area contributed by atoms with Gasteiger partial charge in [-0.3, -0.25) is 0 Å². The second-order valence-electron chi connectivity index (χ2n) is 3.77. The number of rotatable bonds is 4. The number of carbonyl (C=O) groups is 2. The van der Waals surface area contributed by atoms with Crippen LogP contribution in [0.3, 0.4) is 0 Å². The largest absolute Gasteiger partial charge is 0.476 e. The molecule has 19 heavy (non-hydrogen) atoms. The first-order valence-electron chi connectivity index (χ1n) is 5.41. The maximum Gasteiger partial charge on any atom is 0.355 e. The number of methoxy groups -OCH3 is 1. The van der Waals surface area contributed by atoms with Crippen molar-refractivity contribution in [3.63, 3.8) is 0 Å². The molecule has 0 aliphatic heterocycles. The van der Waals surface area contributed by atoms with E-state index in [4.69, 9.17) is 5.11 Å². The van der Waals surface area contributed by atoms with Crippen LogP contribution in [0, 0.1) is 0 Å². The molecule has 2 rings (SSSR count). The van der Waals surface area contributed by atoms with Gasteiger partial charge in [0.1, 0.15) is 0 Å². The maximum absolute atomic E-state index is 11.3. The zero-order chi connectivity index (χ0) is 13.8. The topological polar surface area (TPSA) is 94.3 Å². The number of hydrogen-bond acceptors (Lipinski definition) is 5. The molecule has 7 nitrogen and oxygen atoms in total. The Morgan fingerprint density at radius 1 is 1.32 bits per heavy atom. The Balaban J connectivity index is 2.17. The lowest BCUT2D eigenvalue weighted by molar-refractivity contribution is 0.0599. The first kappa shape index (κ1) is 12.7. The molecule has 0 unspecified atom stereocenters. The van der Waals surface area contributed by atoms with Gasteiger partial charge in [-0.25, -0.2) is 14.3 Å². The maximum atomic E-state index is 11.3. The molecule has 0 atom stereocenters. The molecule has 0 amide bonds. The molecule has 0 aliphatic rings. The Bertz CT molecular complexity index is 604. The number of hydrogen-bond donors (Lipinski definition) is 1. The van der Waals surface area contributed by atoms with E-state index in [0.29, 0.717) is 5.56 Å². The van der Waals surface area contributed by atoms with Crippen LogP contribution in [0.5, 0.6) is 0 Å². The summed E-state index contributed by atoms with van der Waals surface area (Å²) < 4.78 is 5.86. The zero-order valence-corrected chi connectivity index (χ0v) is 10.1. The first-order chi connectivity index (χ1) is 9.11. The number of ether oxygens (including phenoxy) is 1. The summed E-state index contributed by atoms with van der Waals surface area (Å²) in [5, 5.41) is 16.2. The predicted molar refractivity (Wildman–Crippen MR) is 63.9 cm³/mol. The third-order valence-electron chi connectivity index (χ3n) is 2.54. The van der Waals surface area contributed by atoms with Crippen LogP contribution in [0.15, 0.2) is 30.5 Å². The third kappa shape index (κ3) is 2.76. The van der Waals surface area contributed by atoms with Crippen LogP contribution in [0.1, 0.15) is 26.4 Å². The summed E-state index contributed by atoms with van der Waals surface area (Å²) in [5.41, 5.74) is 1.25. The summed E-state index contributed by atoms with van der Waals surface area (Å²) >= 11 is 0. The Hall–Kier alpha value is -2.70. The standard InChI is InChI=1S/C12H11N3O4/c1-19-12(18)9-4-2-8(3-5-9)7-15-10(11(16)17)6-13-14-15/h2-6H,7H2,1H3,(H,16,17). The number of carboxylic acids is 1. The first-order valence-corrected chi connectivity index (χ1v) is 5.41. The second-order valence-corrected chi connectivity index (χ2v) is 3.77. The van der Waals surface area contributed by atoms with Gasteiger partial charge in [0.2, 0.25) is 0 Å². The number of aromatic carboxylic acids is 1. The summed E-state index contributed by atoms with van der Waals surface area (Å²) in [6.07, 6.45) is 1.19. The number of carboxylic acid groups (broad SMARTS) is 1. The van der Waals surface area contributed by atoms with Crippen molar-refractivity contribution in [2.75, 3.05) is 7.11 Å². The molecule has 0 fully saturated rings. The second kappa shape index (κ2) is 5.30. The minimum atomic E-state index is -1.09. The SMILES string of the molecule is COC(=O)c1ccc(Cn2nncc2C(=O)O)cc1. The highest BCUT2D eigenvalue weighted by Gasteiger charge is 2.12. The van der Waals surface area contributed by atoms with Gasteiger partial charge >= 0.3 is 11.9 Å². The van der Waals surface area contributed by atoms with E-state index in [2.05, 4.69) is 15.0 Å². The smallest absolute Gasteiger partial charge is 0.355 e. The van der Waals surface area contributed by atoms with E-state index < -0.39 is 11.9 Å². The summed E-state index contributed by atoms with van der Waals surface area (Å²) in [5.74, 6) is -1.50. The Morgan fingerprint density at radius 2 is 2.00 bits per heavy atom. The predicted octanol–water partition coefficient (Wildman–Crippen LogP) is 0.811. The summed E-state index contributed by atoms with van der Waals surface area (Å²) in [6.45, 7) is 0.267. The zero-order valence-electron chi connectivity index (χ0n) is 10.1. The molecule has 0 saturated carbocycles. The quantitative estimate of drug-likeness (QED) is 0.818. The van der Waals surface area contributed by atoms with E-state index in [9.17, 15) is 9.59 Å². The molecule has 0 aliphatic carbocycles. The van der Waals surface area contributed by atoms with E-state index >= 15 is 0 Å². The van der Waals surface area contributed by atoms with Gasteiger partial charge in [0, 0.05) is 0 Å². The average molecular weight is 261 g/mol. The number of nitrogens with zero attached hydrogens (tertiary/aromatic N) is 3. The van der Waals surface area contributed by atoms with Crippen LogP contribution >= 0.6 is 0 Å². The molecule has 2 aromatic rings. The van der Waals surface area contributed by atoms with Crippen molar-refractivity contribution >= 4 is 11.9 Å². The molecule has 1 aromatic carbocycles. The molecular weight excluding hydrogens is 250 g/mol. The van der Waals surface area contributed by atoms with Gasteiger partial charge in [0.05, 0.1) is 25.4 Å². The van der Waals surface area contributed by atoms with Gasteiger partial charge < -0.3 is 9.84 Å². The minimum absolute atomic E-state index is 0.0112. The highest BCUT2D eigenvalue weighted by molar-refractivity contribution is 5.89. The van der Waals surface area contributed by atoms with E-state index in [0.717, 1.165) is 5.56 Å². The van der Waals surface area contributed by atoms with Gasteiger partial charge in [0.15, 0.2) is 5.69 Å². The lowest BCUT2D eigenvalue weighted by atomic mass is 10.1. The van der Waals surface area contributed by atoms with Crippen molar-refractivity contribution in [2.24, 2.45) is 0 Å². The fourth-order valence-electron chi connectivity index (χ4n) is 1.58. The molecule has 1 N–H and O–H groups in total. The lowest BCUT2D eigenvalue weighted by Gasteiger charge is -2.04. The summed E-state index contributed by atoms with van der Waals surface area (Å²) in [4.78, 5) is 22.2. The Morgan fingerprint density at radius 3 is 2.58 bits per heavy atom. The van der Waals surface area contributed by atoms with E-state index in [1.807, 2.05) is 0 Å². The average Bonchev–Trinajstić information content (AvgIpc) is 2.87. The van der Waals surface area contributed by atoms with Crippen LogP contribution in [0.4, 0.5) is 0 Å². The minimum Gasteiger partial charge on any atom is -0.476 e. The van der Waals surface area contributed by atoms with E-state index in [-0.39, 0.29) is 12.2 Å². The van der Waals surface area contributed by atoms with Crippen LogP contribution in [-0.4, -0.2) is 39.1 Å². The van der Waals surface area contributed by atoms with Crippen LogP contribution in [0.2, 0.25) is 0 Å². The van der Waals surface area contributed by atoms with Gasteiger partial charge in [-0.1, -0.05) is 17.3 Å². The monoisotopic (exact) mass is 261 g/mol. The molecule has 7 heteroatoms. The summed E-state index contributed by atoms with van der Waals surface area (Å²) in [6, 6.07) is 6.64. The summed E-state index contributed by atoms with van der Waals surface area (Å²) in [7, 11) is 1.31. The lowest BCUT2D eigenvalue weighted by Crippen LogP contribution is -2.11. The van der Waals surface area contributed by atoms with Crippen molar-refractivity contribution in [3.8, 4) is 0 Å². The van der Waals surface area contributed by atoms with E-state index in [1.54, 1.807) is 24.3 Å². The van der Waals surface area contributed by atoms with E-state index in [1.165, 1.54) is 18.0 Å². The molecule has 0 saturated heterocycles. The number of aromatic nitrogens is 3. The van der Waals surface area contributed by atoms with Gasteiger partial charge in [-0.15, -0.1) is 5.10 Å². The molecule has 1 heterocycles. The Labute approximate surface area is 108 Å². The highest BCUT2D eigenvalue weighted by atomic mass is 16.5. The van der Waals surface area contributed by atoms with Gasteiger partial charge in [0.25, 0.3) is 0 Å².